The van der Waals surface area contributed by atoms with Crippen LogP contribution >= 0.6 is 0 Å². The molecule has 4 N–H and O–H groups in total. The molecule has 1 amide bonds. The van der Waals surface area contributed by atoms with E-state index in [4.69, 9.17) is 11.6 Å². The van der Waals surface area contributed by atoms with Crippen molar-refractivity contribution in [3.05, 3.63) is 101 Å². The molecule has 1 fully saturated rings. The third-order valence-electron chi connectivity index (χ3n) is 6.49. The van der Waals surface area contributed by atoms with Gasteiger partial charge in [-0.15, -0.1) is 0 Å². The topological polar surface area (TPSA) is 128 Å². The number of aromatic nitrogens is 2. The number of ketones is 1. The summed E-state index contributed by atoms with van der Waals surface area (Å²) in [5.41, 5.74) is 6.83. The number of benzene rings is 2. The number of nitrogen functional groups attached to an aromatic ring is 1. The summed E-state index contributed by atoms with van der Waals surface area (Å²) in [5, 5.41) is 3.79. The Hall–Kier alpha value is -4.47. The summed E-state index contributed by atoms with van der Waals surface area (Å²) in [6.45, 7) is 4.81. The fraction of sp³-hybridized carbons (Fsp3) is 0.222. The second kappa shape index (κ2) is 11.1. The molecular formula is C27H26F2N6O2. The highest BCUT2D eigenvalue weighted by atomic mass is 19.1. The zero-order chi connectivity index (χ0) is 26.5. The SMILES string of the molecule is C=CC(=O)N1CC[C@@H](CCc2ncnc(N)c2/C(=N\N)c2ccc(C(=O)c3ccccc3F)cc2F)C1. The zero-order valence-electron chi connectivity index (χ0n) is 20.0. The molecule has 4 rings (SSSR count). The lowest BCUT2D eigenvalue weighted by atomic mass is 9.94. The molecule has 1 aliphatic rings. The molecular weight excluding hydrogens is 478 g/mol. The molecule has 0 radical (unpaired) electrons. The number of halogens is 2. The van der Waals surface area contributed by atoms with Crippen molar-refractivity contribution in [2.24, 2.45) is 16.9 Å². The van der Waals surface area contributed by atoms with Crippen LogP contribution in [0.25, 0.3) is 0 Å². The van der Waals surface area contributed by atoms with Crippen molar-refractivity contribution >= 4 is 23.2 Å². The van der Waals surface area contributed by atoms with E-state index in [2.05, 4.69) is 21.6 Å². The smallest absolute Gasteiger partial charge is 0.245 e. The van der Waals surface area contributed by atoms with E-state index in [1.54, 1.807) is 4.90 Å². The summed E-state index contributed by atoms with van der Waals surface area (Å²) in [6.07, 6.45) is 4.66. The van der Waals surface area contributed by atoms with E-state index in [1.165, 1.54) is 42.7 Å². The van der Waals surface area contributed by atoms with Crippen LogP contribution in [0.2, 0.25) is 0 Å². The molecule has 8 nitrogen and oxygen atoms in total. The van der Waals surface area contributed by atoms with Gasteiger partial charge in [-0.2, -0.15) is 5.10 Å². The van der Waals surface area contributed by atoms with Crippen LogP contribution in [0.4, 0.5) is 14.6 Å². The van der Waals surface area contributed by atoms with Gasteiger partial charge < -0.3 is 16.5 Å². The Morgan fingerprint density at radius 3 is 2.62 bits per heavy atom. The lowest BCUT2D eigenvalue weighted by Gasteiger charge is -2.16. The highest BCUT2D eigenvalue weighted by molar-refractivity contribution is 6.16. The third-order valence-corrected chi connectivity index (χ3v) is 6.49. The molecule has 190 valence electrons. The van der Waals surface area contributed by atoms with Gasteiger partial charge in [-0.05, 0) is 55.5 Å². The molecule has 2 aromatic carbocycles. The van der Waals surface area contributed by atoms with E-state index in [-0.39, 0.29) is 40.0 Å². The number of anilines is 1. The second-order valence-electron chi connectivity index (χ2n) is 8.74. The second-order valence-corrected chi connectivity index (χ2v) is 8.74. The Morgan fingerprint density at radius 1 is 1.14 bits per heavy atom. The van der Waals surface area contributed by atoms with Crippen LogP contribution in [0.1, 0.15) is 45.6 Å². The number of amides is 1. The number of hydrazone groups is 1. The summed E-state index contributed by atoms with van der Waals surface area (Å²) < 4.78 is 29.3. The third kappa shape index (κ3) is 5.37. The Bertz CT molecular complexity index is 1390. The van der Waals surface area contributed by atoms with E-state index in [9.17, 15) is 14.0 Å². The molecule has 0 unspecified atom stereocenters. The van der Waals surface area contributed by atoms with Crippen LogP contribution in [-0.2, 0) is 11.2 Å². The predicted molar refractivity (Wildman–Crippen MR) is 136 cm³/mol. The van der Waals surface area contributed by atoms with E-state index in [0.29, 0.717) is 37.2 Å². The molecule has 2 heterocycles. The molecule has 0 saturated carbocycles. The van der Waals surface area contributed by atoms with Crippen molar-refractivity contribution in [3.8, 4) is 0 Å². The van der Waals surface area contributed by atoms with Gasteiger partial charge in [0.2, 0.25) is 5.91 Å². The number of carbonyl (C=O) groups is 2. The van der Waals surface area contributed by atoms with Crippen LogP contribution in [0.3, 0.4) is 0 Å². The molecule has 1 aliphatic heterocycles. The van der Waals surface area contributed by atoms with Crippen molar-refractivity contribution in [2.75, 3.05) is 18.8 Å². The maximum absolute atomic E-state index is 15.3. The van der Waals surface area contributed by atoms with Gasteiger partial charge >= 0.3 is 0 Å². The average molecular weight is 505 g/mol. The van der Waals surface area contributed by atoms with E-state index in [1.807, 2.05) is 0 Å². The van der Waals surface area contributed by atoms with Crippen LogP contribution in [-0.4, -0.2) is 45.4 Å². The van der Waals surface area contributed by atoms with Gasteiger partial charge in [-0.25, -0.2) is 18.7 Å². The number of aryl methyl sites for hydroxylation is 1. The maximum atomic E-state index is 15.3. The fourth-order valence-electron chi connectivity index (χ4n) is 4.54. The van der Waals surface area contributed by atoms with Gasteiger partial charge in [-0.1, -0.05) is 24.8 Å². The Morgan fingerprint density at radius 2 is 1.92 bits per heavy atom. The first-order valence-electron chi connectivity index (χ1n) is 11.7. The number of hydrogen-bond acceptors (Lipinski definition) is 7. The lowest BCUT2D eigenvalue weighted by molar-refractivity contribution is -0.125. The highest BCUT2D eigenvalue weighted by Gasteiger charge is 2.27. The highest BCUT2D eigenvalue weighted by Crippen LogP contribution is 2.26. The van der Waals surface area contributed by atoms with Crippen LogP contribution < -0.4 is 11.6 Å². The van der Waals surface area contributed by atoms with Crippen LogP contribution in [0, 0.1) is 17.6 Å². The van der Waals surface area contributed by atoms with Gasteiger partial charge in [0.25, 0.3) is 0 Å². The average Bonchev–Trinajstić information content (AvgIpc) is 3.38. The van der Waals surface area contributed by atoms with Crippen LogP contribution in [0.5, 0.6) is 0 Å². The fourth-order valence-corrected chi connectivity index (χ4v) is 4.54. The standard InChI is InChI=1S/C27H26F2N6O2/c1-2-23(36)35-12-11-16(14-35)7-10-22-24(27(30)33-15-32-22)25(34-31)18-9-8-17(13-21(18)29)26(37)19-5-3-4-6-20(19)28/h2-6,8-9,13,15-16H,1,7,10-12,14,31H2,(H2,30,32,33)/b34-25-/t16-/m1/s1. The quantitative estimate of drug-likeness (QED) is 0.159. The van der Waals surface area contributed by atoms with Crippen molar-refractivity contribution in [3.63, 3.8) is 0 Å². The Balaban J connectivity index is 1.59. The summed E-state index contributed by atoms with van der Waals surface area (Å²) in [7, 11) is 0. The van der Waals surface area contributed by atoms with Crippen LogP contribution in [0.15, 0.2) is 66.5 Å². The minimum absolute atomic E-state index is 0.000968. The predicted octanol–water partition coefficient (Wildman–Crippen LogP) is 3.25. The van der Waals surface area contributed by atoms with E-state index >= 15 is 4.39 Å². The Labute approximate surface area is 212 Å². The first-order chi connectivity index (χ1) is 17.8. The molecule has 0 aliphatic carbocycles. The van der Waals surface area contributed by atoms with Crippen molar-refractivity contribution < 1.29 is 18.4 Å². The largest absolute Gasteiger partial charge is 0.383 e. The maximum Gasteiger partial charge on any atom is 0.245 e. The molecule has 1 aromatic heterocycles. The molecule has 37 heavy (non-hydrogen) atoms. The molecule has 10 heteroatoms. The lowest BCUT2D eigenvalue weighted by Crippen LogP contribution is -2.26. The van der Waals surface area contributed by atoms with Gasteiger partial charge in [0.05, 0.1) is 16.8 Å². The first-order valence-corrected chi connectivity index (χ1v) is 11.7. The zero-order valence-corrected chi connectivity index (χ0v) is 20.0. The molecule has 3 aromatic rings. The summed E-state index contributed by atoms with van der Waals surface area (Å²) in [5.74, 6) is 3.78. The van der Waals surface area contributed by atoms with Crippen molar-refractivity contribution in [1.29, 1.82) is 0 Å². The summed E-state index contributed by atoms with van der Waals surface area (Å²) in [6, 6.07) is 9.23. The normalized spacial score (nSPS) is 15.6. The molecule has 1 atom stereocenters. The number of likely N-dealkylation sites (tertiary alicyclic amines) is 1. The monoisotopic (exact) mass is 504 g/mol. The van der Waals surface area contributed by atoms with Gasteiger partial charge in [0.1, 0.15) is 29.5 Å². The van der Waals surface area contributed by atoms with Crippen molar-refractivity contribution in [1.82, 2.24) is 14.9 Å². The minimum atomic E-state index is -0.782. The van der Waals surface area contributed by atoms with Gasteiger partial charge in [0.15, 0.2) is 5.78 Å². The Kier molecular flexibility index (Phi) is 7.66. The number of hydrogen-bond donors (Lipinski definition) is 2. The number of carbonyl (C=O) groups excluding carboxylic acids is 2. The van der Waals surface area contributed by atoms with Crippen molar-refractivity contribution in [2.45, 2.75) is 19.3 Å². The van der Waals surface area contributed by atoms with E-state index < -0.39 is 17.4 Å². The molecule has 0 bridgehead atoms. The van der Waals surface area contributed by atoms with E-state index in [0.717, 1.165) is 18.6 Å². The van der Waals surface area contributed by atoms with Gasteiger partial charge in [-0.3, -0.25) is 9.59 Å². The van der Waals surface area contributed by atoms with Gasteiger partial charge in [0, 0.05) is 24.2 Å². The number of nitrogens with zero attached hydrogens (tertiary/aromatic N) is 4. The summed E-state index contributed by atoms with van der Waals surface area (Å²) in [4.78, 5) is 34.7. The summed E-state index contributed by atoms with van der Waals surface area (Å²) >= 11 is 0. The number of nitrogens with two attached hydrogens (primary N) is 2. The number of rotatable bonds is 8. The first kappa shape index (κ1) is 25.6. The molecule has 1 saturated heterocycles. The minimum Gasteiger partial charge on any atom is -0.383 e. The molecule has 0 spiro atoms.